The second-order valence-corrected chi connectivity index (χ2v) is 6.53. The molecule has 0 bridgehead atoms. The Morgan fingerprint density at radius 3 is 2.39 bits per heavy atom. The van der Waals surface area contributed by atoms with E-state index in [4.69, 9.17) is 5.26 Å². The molecule has 0 radical (unpaired) electrons. The topological polar surface area (TPSA) is 73.2 Å². The zero-order valence-electron chi connectivity index (χ0n) is 16.3. The van der Waals surface area contributed by atoms with Crippen LogP contribution >= 0.6 is 0 Å². The summed E-state index contributed by atoms with van der Waals surface area (Å²) in [6, 6.07) is 19.6. The van der Waals surface area contributed by atoms with Crippen molar-refractivity contribution in [2.45, 2.75) is 26.7 Å². The van der Waals surface area contributed by atoms with Crippen molar-refractivity contribution in [3.05, 3.63) is 77.0 Å². The first-order valence-electron chi connectivity index (χ1n) is 9.26. The van der Waals surface area contributed by atoms with Gasteiger partial charge < -0.3 is 10.2 Å². The number of hydrogen-bond donors (Lipinski definition) is 1. The van der Waals surface area contributed by atoms with E-state index in [1.807, 2.05) is 61.5 Å². The maximum absolute atomic E-state index is 13.2. The van der Waals surface area contributed by atoms with Crippen LogP contribution in [0.1, 0.15) is 30.0 Å². The fraction of sp³-hybridized carbons (Fsp3) is 0.261. The maximum atomic E-state index is 13.2. The van der Waals surface area contributed by atoms with E-state index in [0.717, 1.165) is 16.7 Å². The van der Waals surface area contributed by atoms with Crippen LogP contribution in [0.2, 0.25) is 0 Å². The Labute approximate surface area is 166 Å². The lowest BCUT2D eigenvalue weighted by Gasteiger charge is -2.23. The minimum Gasteiger partial charge on any atom is -0.336 e. The van der Waals surface area contributed by atoms with Crippen molar-refractivity contribution in [3.8, 4) is 6.07 Å². The van der Waals surface area contributed by atoms with Crippen LogP contribution in [0.5, 0.6) is 0 Å². The molecule has 0 heterocycles. The molecule has 144 valence electrons. The summed E-state index contributed by atoms with van der Waals surface area (Å²) in [6.07, 6.45) is 2.61. The van der Waals surface area contributed by atoms with E-state index in [1.165, 1.54) is 6.92 Å². The fourth-order valence-corrected chi connectivity index (χ4v) is 2.82. The number of nitrogens with zero attached hydrogens (tertiary/aromatic N) is 2. The van der Waals surface area contributed by atoms with Gasteiger partial charge in [-0.3, -0.25) is 9.59 Å². The van der Waals surface area contributed by atoms with Gasteiger partial charge in [0.15, 0.2) is 0 Å². The second kappa shape index (κ2) is 10.7. The van der Waals surface area contributed by atoms with Gasteiger partial charge in [-0.15, -0.1) is 0 Å². The van der Waals surface area contributed by atoms with Crippen LogP contribution in [-0.4, -0.2) is 29.8 Å². The predicted molar refractivity (Wildman–Crippen MR) is 110 cm³/mol. The van der Waals surface area contributed by atoms with E-state index in [0.29, 0.717) is 19.5 Å². The second-order valence-electron chi connectivity index (χ2n) is 6.53. The minimum atomic E-state index is -0.309. The normalized spacial score (nSPS) is 10.8. The SMILES string of the molecule is CC(=O)N/C(=C/c1ccccc1C)C(=O)N(CCC#N)CCc1ccccc1. The number of benzene rings is 2. The molecule has 2 amide bonds. The molecule has 0 atom stereocenters. The van der Waals surface area contributed by atoms with E-state index in [9.17, 15) is 9.59 Å². The van der Waals surface area contributed by atoms with E-state index in [2.05, 4.69) is 11.4 Å². The van der Waals surface area contributed by atoms with E-state index < -0.39 is 0 Å². The van der Waals surface area contributed by atoms with Gasteiger partial charge in [-0.1, -0.05) is 54.6 Å². The van der Waals surface area contributed by atoms with Crippen LogP contribution < -0.4 is 5.32 Å². The molecule has 5 nitrogen and oxygen atoms in total. The van der Waals surface area contributed by atoms with Crippen LogP contribution in [-0.2, 0) is 16.0 Å². The molecule has 0 aliphatic rings. The summed E-state index contributed by atoms with van der Waals surface area (Å²) in [5.74, 6) is -0.596. The van der Waals surface area contributed by atoms with Gasteiger partial charge in [0.05, 0.1) is 12.5 Å². The predicted octanol–water partition coefficient (Wildman–Crippen LogP) is 3.46. The van der Waals surface area contributed by atoms with Crippen LogP contribution in [0.25, 0.3) is 6.08 Å². The zero-order chi connectivity index (χ0) is 20.4. The van der Waals surface area contributed by atoms with Crippen LogP contribution in [0, 0.1) is 18.3 Å². The lowest BCUT2D eigenvalue weighted by atomic mass is 10.1. The number of nitriles is 1. The number of aryl methyl sites for hydroxylation is 1. The Morgan fingerprint density at radius 2 is 1.75 bits per heavy atom. The summed E-state index contributed by atoms with van der Waals surface area (Å²) >= 11 is 0. The number of nitrogens with one attached hydrogen (secondary N) is 1. The minimum absolute atomic E-state index is 0.216. The molecule has 0 saturated heterocycles. The molecule has 0 aliphatic carbocycles. The first-order valence-corrected chi connectivity index (χ1v) is 9.26. The summed E-state index contributed by atoms with van der Waals surface area (Å²) in [7, 11) is 0. The Hall–Kier alpha value is -3.39. The highest BCUT2D eigenvalue weighted by atomic mass is 16.2. The monoisotopic (exact) mass is 375 g/mol. The molecule has 5 heteroatoms. The third kappa shape index (κ3) is 6.40. The highest BCUT2D eigenvalue weighted by Crippen LogP contribution is 2.13. The van der Waals surface area contributed by atoms with Gasteiger partial charge in [-0.2, -0.15) is 5.26 Å². The molecule has 28 heavy (non-hydrogen) atoms. The zero-order valence-corrected chi connectivity index (χ0v) is 16.3. The number of carbonyl (C=O) groups is 2. The number of amides is 2. The van der Waals surface area contributed by atoms with Crippen molar-refractivity contribution in [3.63, 3.8) is 0 Å². The number of carbonyl (C=O) groups excluding carboxylic acids is 2. The smallest absolute Gasteiger partial charge is 0.270 e. The molecule has 0 fully saturated rings. The average molecular weight is 375 g/mol. The first-order chi connectivity index (χ1) is 13.5. The van der Waals surface area contributed by atoms with Crippen LogP contribution in [0.4, 0.5) is 0 Å². The summed E-state index contributed by atoms with van der Waals surface area (Å²) in [5.41, 5.74) is 3.20. The molecular formula is C23H25N3O2. The van der Waals surface area contributed by atoms with Crippen molar-refractivity contribution >= 4 is 17.9 Å². The van der Waals surface area contributed by atoms with Gasteiger partial charge in [0.25, 0.3) is 5.91 Å². The molecule has 0 aliphatic heterocycles. The number of hydrogen-bond acceptors (Lipinski definition) is 3. The van der Waals surface area contributed by atoms with Gasteiger partial charge in [0, 0.05) is 20.0 Å². The molecule has 0 saturated carbocycles. The van der Waals surface area contributed by atoms with Gasteiger partial charge in [-0.05, 0) is 36.1 Å². The molecule has 0 aromatic heterocycles. The molecule has 1 N–H and O–H groups in total. The Bertz CT molecular complexity index is 882. The largest absolute Gasteiger partial charge is 0.336 e. The van der Waals surface area contributed by atoms with E-state index in [1.54, 1.807) is 11.0 Å². The molecule has 2 aromatic carbocycles. The van der Waals surface area contributed by atoms with Gasteiger partial charge in [0.1, 0.15) is 5.70 Å². The third-order valence-electron chi connectivity index (χ3n) is 4.32. The fourth-order valence-electron chi connectivity index (χ4n) is 2.82. The number of rotatable bonds is 8. The molecular weight excluding hydrogens is 350 g/mol. The van der Waals surface area contributed by atoms with Crippen molar-refractivity contribution in [2.24, 2.45) is 0 Å². The summed E-state index contributed by atoms with van der Waals surface area (Å²) in [4.78, 5) is 26.5. The highest BCUT2D eigenvalue weighted by molar-refractivity contribution is 6.01. The highest BCUT2D eigenvalue weighted by Gasteiger charge is 2.19. The molecule has 2 rings (SSSR count). The summed E-state index contributed by atoms with van der Waals surface area (Å²) < 4.78 is 0. The van der Waals surface area contributed by atoms with E-state index >= 15 is 0 Å². The van der Waals surface area contributed by atoms with Crippen molar-refractivity contribution < 1.29 is 9.59 Å². The quantitative estimate of drug-likeness (QED) is 0.718. The van der Waals surface area contributed by atoms with Gasteiger partial charge >= 0.3 is 0 Å². The first kappa shape index (κ1) is 20.9. The lowest BCUT2D eigenvalue weighted by Crippen LogP contribution is -2.39. The van der Waals surface area contributed by atoms with Crippen molar-refractivity contribution in [1.29, 1.82) is 5.26 Å². The molecule has 0 spiro atoms. The standard InChI is InChI=1S/C23H25N3O2/c1-18-9-6-7-12-21(18)17-22(25-19(2)27)23(28)26(15-8-14-24)16-13-20-10-4-3-5-11-20/h3-7,9-12,17H,8,13,15-16H2,1-2H3,(H,25,27)/b22-17+. The Morgan fingerprint density at radius 1 is 1.07 bits per heavy atom. The summed E-state index contributed by atoms with van der Waals surface area (Å²) in [6.45, 7) is 4.11. The van der Waals surface area contributed by atoms with Crippen LogP contribution in [0.15, 0.2) is 60.3 Å². The van der Waals surface area contributed by atoms with Crippen molar-refractivity contribution in [2.75, 3.05) is 13.1 Å². The van der Waals surface area contributed by atoms with Gasteiger partial charge in [-0.25, -0.2) is 0 Å². The van der Waals surface area contributed by atoms with Gasteiger partial charge in [0.2, 0.25) is 5.91 Å². The maximum Gasteiger partial charge on any atom is 0.270 e. The van der Waals surface area contributed by atoms with Crippen LogP contribution in [0.3, 0.4) is 0 Å². The third-order valence-corrected chi connectivity index (χ3v) is 4.32. The average Bonchev–Trinajstić information content (AvgIpc) is 2.69. The Balaban J connectivity index is 2.26. The van der Waals surface area contributed by atoms with E-state index in [-0.39, 0.29) is 23.9 Å². The lowest BCUT2D eigenvalue weighted by molar-refractivity contribution is -0.129. The Kier molecular flexibility index (Phi) is 7.98. The molecule has 0 unspecified atom stereocenters. The van der Waals surface area contributed by atoms with Crippen molar-refractivity contribution in [1.82, 2.24) is 10.2 Å². The summed E-state index contributed by atoms with van der Waals surface area (Å²) in [5, 5.41) is 11.6. The molecule has 2 aromatic rings.